The Morgan fingerprint density at radius 2 is 1.50 bits per heavy atom. The molecule has 30 heavy (non-hydrogen) atoms. The average molecular weight is 433 g/mol. The van der Waals surface area contributed by atoms with Crippen molar-refractivity contribution in [1.29, 1.82) is 0 Å². The fourth-order valence-corrected chi connectivity index (χ4v) is 3.77. The second-order valence-electron chi connectivity index (χ2n) is 6.50. The molecule has 1 amide bonds. The van der Waals surface area contributed by atoms with Crippen LogP contribution in [-0.4, -0.2) is 20.1 Å². The number of benzene rings is 3. The van der Waals surface area contributed by atoms with Crippen molar-refractivity contribution in [3.63, 3.8) is 0 Å². The predicted octanol–water partition coefficient (Wildman–Crippen LogP) is 5.42. The third-order valence-electron chi connectivity index (χ3n) is 4.55. The summed E-state index contributed by atoms with van der Waals surface area (Å²) < 4.78 is 62.2. The van der Waals surface area contributed by atoms with Gasteiger partial charge in [0.2, 0.25) is 0 Å². The van der Waals surface area contributed by atoms with Crippen LogP contribution in [0.2, 0.25) is 0 Å². The lowest BCUT2D eigenvalue weighted by molar-refractivity contribution is -0.137. The zero-order valence-corrected chi connectivity index (χ0v) is 16.7. The monoisotopic (exact) mass is 433 g/mol. The van der Waals surface area contributed by atoms with Gasteiger partial charge in [0.15, 0.2) is 9.84 Å². The highest BCUT2D eigenvalue weighted by atomic mass is 32.2. The number of halogens is 3. The molecule has 0 spiro atoms. The summed E-state index contributed by atoms with van der Waals surface area (Å²) in [5.74, 6) is -0.490. The van der Waals surface area contributed by atoms with Crippen molar-refractivity contribution in [1.82, 2.24) is 0 Å². The summed E-state index contributed by atoms with van der Waals surface area (Å²) >= 11 is 0. The predicted molar refractivity (Wildman–Crippen MR) is 109 cm³/mol. The smallest absolute Gasteiger partial charge is 0.322 e. The maximum atomic E-state index is 12.8. The number of alkyl halides is 3. The SMILES string of the molecule is CCS(=O)(=O)c1ccc(NC(=O)c2ccccc2-c2ccc(C(F)(F)F)cc2)cc1. The Balaban J connectivity index is 1.86. The molecule has 0 atom stereocenters. The van der Waals surface area contributed by atoms with Gasteiger partial charge in [0, 0.05) is 11.3 Å². The first-order chi connectivity index (χ1) is 14.1. The van der Waals surface area contributed by atoms with Gasteiger partial charge in [-0.15, -0.1) is 0 Å². The minimum absolute atomic E-state index is 0.0286. The topological polar surface area (TPSA) is 63.2 Å². The van der Waals surface area contributed by atoms with E-state index >= 15 is 0 Å². The van der Waals surface area contributed by atoms with Crippen molar-refractivity contribution in [2.24, 2.45) is 0 Å². The van der Waals surface area contributed by atoms with E-state index in [1.165, 1.54) is 36.4 Å². The van der Waals surface area contributed by atoms with Gasteiger partial charge in [-0.1, -0.05) is 37.3 Å². The van der Waals surface area contributed by atoms with Crippen LogP contribution >= 0.6 is 0 Å². The molecule has 0 aliphatic rings. The third-order valence-corrected chi connectivity index (χ3v) is 6.30. The molecule has 0 fully saturated rings. The number of hydrogen-bond acceptors (Lipinski definition) is 3. The van der Waals surface area contributed by atoms with Gasteiger partial charge >= 0.3 is 6.18 Å². The number of hydrogen-bond donors (Lipinski definition) is 1. The fraction of sp³-hybridized carbons (Fsp3) is 0.136. The third kappa shape index (κ3) is 4.71. The summed E-state index contributed by atoms with van der Waals surface area (Å²) in [6.45, 7) is 1.54. The van der Waals surface area contributed by atoms with Crippen LogP contribution in [0.1, 0.15) is 22.8 Å². The summed E-state index contributed by atoms with van der Waals surface area (Å²) in [4.78, 5) is 12.9. The zero-order valence-electron chi connectivity index (χ0n) is 15.9. The van der Waals surface area contributed by atoms with Crippen LogP contribution in [0.3, 0.4) is 0 Å². The lowest BCUT2D eigenvalue weighted by Gasteiger charge is -2.12. The van der Waals surface area contributed by atoms with Gasteiger partial charge in [-0.05, 0) is 53.6 Å². The number of rotatable bonds is 5. The standard InChI is InChI=1S/C22H18F3NO3S/c1-2-30(28,29)18-13-11-17(12-14-18)26-21(27)20-6-4-3-5-19(20)15-7-9-16(10-8-15)22(23,24)25/h3-14H,2H2,1H3,(H,26,27). The molecule has 0 saturated heterocycles. The molecule has 0 saturated carbocycles. The van der Waals surface area contributed by atoms with Crippen LogP contribution in [0.5, 0.6) is 0 Å². The molecule has 8 heteroatoms. The van der Waals surface area contributed by atoms with Crippen LogP contribution in [0.15, 0.2) is 77.7 Å². The van der Waals surface area contributed by atoms with Gasteiger partial charge < -0.3 is 5.32 Å². The number of carbonyl (C=O) groups excluding carboxylic acids is 1. The minimum Gasteiger partial charge on any atom is -0.322 e. The molecule has 0 aliphatic carbocycles. The van der Waals surface area contributed by atoms with Gasteiger partial charge in [-0.25, -0.2) is 8.42 Å². The summed E-state index contributed by atoms with van der Waals surface area (Å²) in [5.41, 5.74) is 0.863. The van der Waals surface area contributed by atoms with Gasteiger partial charge in [-0.3, -0.25) is 4.79 Å². The highest BCUT2D eigenvalue weighted by Crippen LogP contribution is 2.32. The van der Waals surface area contributed by atoms with Crippen LogP contribution in [-0.2, 0) is 16.0 Å². The molecule has 156 valence electrons. The molecule has 0 heterocycles. The first kappa shape index (κ1) is 21.6. The van der Waals surface area contributed by atoms with Gasteiger partial charge in [-0.2, -0.15) is 13.2 Å². The first-order valence-electron chi connectivity index (χ1n) is 9.02. The Kier molecular flexibility index (Phi) is 5.98. The number of amides is 1. The van der Waals surface area contributed by atoms with E-state index in [-0.39, 0.29) is 16.2 Å². The zero-order chi connectivity index (χ0) is 21.9. The van der Waals surface area contributed by atoms with Crippen molar-refractivity contribution < 1.29 is 26.4 Å². The van der Waals surface area contributed by atoms with Crippen LogP contribution in [0, 0.1) is 0 Å². The van der Waals surface area contributed by atoms with E-state index < -0.39 is 27.5 Å². The molecule has 0 bridgehead atoms. The Hall–Kier alpha value is -3.13. The lowest BCUT2D eigenvalue weighted by atomic mass is 9.98. The van der Waals surface area contributed by atoms with Crippen molar-refractivity contribution in [2.45, 2.75) is 18.0 Å². The summed E-state index contributed by atoms with van der Waals surface area (Å²) in [6.07, 6.45) is -4.44. The van der Waals surface area contributed by atoms with E-state index in [0.29, 0.717) is 16.8 Å². The Morgan fingerprint density at radius 1 is 0.900 bits per heavy atom. The Labute approximate surface area is 172 Å². The molecule has 0 unspecified atom stereocenters. The molecule has 1 N–H and O–H groups in total. The van der Waals surface area contributed by atoms with Crippen molar-refractivity contribution >= 4 is 21.4 Å². The fourth-order valence-electron chi connectivity index (χ4n) is 2.88. The number of sulfone groups is 1. The molecular weight excluding hydrogens is 415 g/mol. The molecule has 0 radical (unpaired) electrons. The Morgan fingerprint density at radius 3 is 2.07 bits per heavy atom. The highest BCUT2D eigenvalue weighted by molar-refractivity contribution is 7.91. The molecule has 3 rings (SSSR count). The molecule has 0 aliphatic heterocycles. The normalized spacial score (nSPS) is 11.9. The van der Waals surface area contributed by atoms with E-state index in [4.69, 9.17) is 0 Å². The number of carbonyl (C=O) groups is 1. The summed E-state index contributed by atoms with van der Waals surface area (Å²) in [5, 5.41) is 2.69. The van der Waals surface area contributed by atoms with Crippen molar-refractivity contribution in [2.75, 3.05) is 11.1 Å². The van der Waals surface area contributed by atoms with Crippen LogP contribution in [0.25, 0.3) is 11.1 Å². The number of nitrogens with one attached hydrogen (secondary N) is 1. The Bertz CT molecular complexity index is 1150. The van der Waals surface area contributed by atoms with E-state index in [1.807, 2.05) is 0 Å². The average Bonchev–Trinajstić information content (AvgIpc) is 2.73. The maximum Gasteiger partial charge on any atom is 0.416 e. The largest absolute Gasteiger partial charge is 0.416 e. The molecule has 3 aromatic carbocycles. The molecular formula is C22H18F3NO3S. The quantitative estimate of drug-likeness (QED) is 0.585. The highest BCUT2D eigenvalue weighted by Gasteiger charge is 2.30. The van der Waals surface area contributed by atoms with Crippen LogP contribution in [0.4, 0.5) is 18.9 Å². The summed E-state index contributed by atoms with van der Waals surface area (Å²) in [6, 6.07) is 16.9. The van der Waals surface area contributed by atoms with E-state index in [9.17, 15) is 26.4 Å². The maximum absolute atomic E-state index is 12.8. The minimum atomic E-state index is -4.44. The van der Waals surface area contributed by atoms with E-state index in [0.717, 1.165) is 12.1 Å². The van der Waals surface area contributed by atoms with E-state index in [2.05, 4.69) is 5.32 Å². The summed E-state index contributed by atoms with van der Waals surface area (Å²) in [7, 11) is -3.35. The second-order valence-corrected chi connectivity index (χ2v) is 8.78. The molecule has 0 aromatic heterocycles. The second kappa shape index (κ2) is 8.31. The van der Waals surface area contributed by atoms with Gasteiger partial charge in [0.25, 0.3) is 5.91 Å². The van der Waals surface area contributed by atoms with Crippen molar-refractivity contribution in [3.05, 3.63) is 83.9 Å². The lowest BCUT2D eigenvalue weighted by Crippen LogP contribution is -2.13. The molecule has 3 aromatic rings. The first-order valence-corrected chi connectivity index (χ1v) is 10.7. The number of anilines is 1. The van der Waals surface area contributed by atoms with Crippen molar-refractivity contribution in [3.8, 4) is 11.1 Å². The van der Waals surface area contributed by atoms with Gasteiger partial charge in [0.05, 0.1) is 16.2 Å². The van der Waals surface area contributed by atoms with E-state index in [1.54, 1.807) is 31.2 Å². The van der Waals surface area contributed by atoms with Crippen LogP contribution < -0.4 is 5.32 Å². The van der Waals surface area contributed by atoms with Gasteiger partial charge in [0.1, 0.15) is 0 Å². The molecule has 4 nitrogen and oxygen atoms in total.